The first-order valence-corrected chi connectivity index (χ1v) is 11.2. The second kappa shape index (κ2) is 8.28. The molecule has 2 unspecified atom stereocenters. The van der Waals surface area contributed by atoms with E-state index in [1.54, 1.807) is 6.26 Å². The van der Waals surface area contributed by atoms with Gasteiger partial charge >= 0.3 is 0 Å². The summed E-state index contributed by atoms with van der Waals surface area (Å²) < 4.78 is 7.98. The third kappa shape index (κ3) is 3.60. The van der Waals surface area contributed by atoms with E-state index in [1.165, 1.54) is 28.2 Å². The molecule has 0 bridgehead atoms. The van der Waals surface area contributed by atoms with Gasteiger partial charge in [-0.05, 0) is 86.6 Å². The molecule has 1 fully saturated rings. The molecule has 0 aliphatic carbocycles. The van der Waals surface area contributed by atoms with Crippen molar-refractivity contribution in [2.24, 2.45) is 0 Å². The van der Waals surface area contributed by atoms with Crippen LogP contribution >= 0.6 is 12.2 Å². The van der Waals surface area contributed by atoms with E-state index in [2.05, 4.69) is 76.9 Å². The molecule has 162 valence electrons. The summed E-state index contributed by atoms with van der Waals surface area (Å²) >= 11 is 5.80. The van der Waals surface area contributed by atoms with Crippen LogP contribution in [0.25, 0.3) is 5.69 Å². The summed E-state index contributed by atoms with van der Waals surface area (Å²) in [5.41, 5.74) is 7.02. The number of aromatic nitrogens is 2. The van der Waals surface area contributed by atoms with Gasteiger partial charge in [0.2, 0.25) is 0 Å². The standard InChI is InChI=1S/C26H26N4OS/c1-17-8-6-9-20(14-17)30-18(2)15-22(19(30)3)25-24(23-11-4-5-12-27-23)28-26(32)29(25)16-21-10-7-13-31-21/h4-15,24-25H,16H2,1-3H3,(H,28,32). The van der Waals surface area contributed by atoms with Crippen LogP contribution in [0.4, 0.5) is 0 Å². The summed E-state index contributed by atoms with van der Waals surface area (Å²) in [5.74, 6) is 0.883. The number of benzene rings is 1. The molecule has 1 aliphatic rings. The Labute approximate surface area is 193 Å². The average molecular weight is 443 g/mol. The summed E-state index contributed by atoms with van der Waals surface area (Å²) in [7, 11) is 0. The van der Waals surface area contributed by atoms with Crippen molar-refractivity contribution in [1.29, 1.82) is 0 Å². The normalized spacial score (nSPS) is 18.2. The van der Waals surface area contributed by atoms with Gasteiger partial charge in [-0.2, -0.15) is 0 Å². The van der Waals surface area contributed by atoms with Gasteiger partial charge in [-0.1, -0.05) is 18.2 Å². The second-order valence-electron chi connectivity index (χ2n) is 8.33. The lowest BCUT2D eigenvalue weighted by Crippen LogP contribution is -2.29. The lowest BCUT2D eigenvalue weighted by Gasteiger charge is -2.27. The minimum absolute atomic E-state index is 0.00717. The molecule has 0 saturated carbocycles. The zero-order valence-corrected chi connectivity index (χ0v) is 19.3. The van der Waals surface area contributed by atoms with E-state index in [4.69, 9.17) is 16.6 Å². The Morgan fingerprint density at radius 1 is 1.03 bits per heavy atom. The van der Waals surface area contributed by atoms with Crippen molar-refractivity contribution in [1.82, 2.24) is 19.8 Å². The quantitative estimate of drug-likeness (QED) is 0.410. The molecule has 0 spiro atoms. The minimum Gasteiger partial charge on any atom is -0.467 e. The Kier molecular flexibility index (Phi) is 5.31. The first-order chi connectivity index (χ1) is 15.5. The van der Waals surface area contributed by atoms with Gasteiger partial charge in [-0.3, -0.25) is 4.98 Å². The first kappa shape index (κ1) is 20.5. The summed E-state index contributed by atoms with van der Waals surface area (Å²) in [6.45, 7) is 7.07. The number of furan rings is 1. The van der Waals surface area contributed by atoms with Gasteiger partial charge < -0.3 is 19.2 Å². The van der Waals surface area contributed by atoms with Crippen LogP contribution in [0.15, 0.2) is 77.5 Å². The smallest absolute Gasteiger partial charge is 0.170 e. The van der Waals surface area contributed by atoms with Gasteiger partial charge in [0, 0.05) is 23.3 Å². The Bertz CT molecular complexity index is 1250. The van der Waals surface area contributed by atoms with Crippen LogP contribution in [0, 0.1) is 20.8 Å². The molecule has 3 aromatic heterocycles. The zero-order chi connectivity index (χ0) is 22.2. The molecular formula is C26H26N4OS. The van der Waals surface area contributed by atoms with Crippen LogP contribution in [-0.4, -0.2) is 19.6 Å². The molecule has 4 heterocycles. The molecule has 1 aliphatic heterocycles. The lowest BCUT2D eigenvalue weighted by atomic mass is 9.96. The first-order valence-electron chi connectivity index (χ1n) is 10.8. The van der Waals surface area contributed by atoms with E-state index in [-0.39, 0.29) is 12.1 Å². The number of hydrogen-bond donors (Lipinski definition) is 1. The number of pyridine rings is 1. The topological polar surface area (TPSA) is 46.2 Å². The Hall–Kier alpha value is -3.38. The molecule has 0 radical (unpaired) electrons. The van der Waals surface area contributed by atoms with Crippen LogP contribution in [0.1, 0.15) is 46.1 Å². The van der Waals surface area contributed by atoms with Crippen molar-refractivity contribution in [3.05, 3.63) is 107 Å². The van der Waals surface area contributed by atoms with Gasteiger partial charge in [0.15, 0.2) is 5.11 Å². The highest BCUT2D eigenvalue weighted by Crippen LogP contribution is 2.42. The Morgan fingerprint density at radius 2 is 1.91 bits per heavy atom. The molecule has 1 saturated heterocycles. The molecule has 5 rings (SSSR count). The fourth-order valence-electron chi connectivity index (χ4n) is 4.74. The van der Waals surface area contributed by atoms with Crippen LogP contribution in [0.5, 0.6) is 0 Å². The average Bonchev–Trinajstić information content (AvgIpc) is 3.48. The highest BCUT2D eigenvalue weighted by Gasteiger charge is 2.41. The summed E-state index contributed by atoms with van der Waals surface area (Å²) in [5, 5.41) is 4.24. The van der Waals surface area contributed by atoms with E-state index in [1.807, 2.05) is 30.5 Å². The Balaban J connectivity index is 1.63. The lowest BCUT2D eigenvalue weighted by molar-refractivity contribution is 0.286. The number of nitrogens with one attached hydrogen (secondary N) is 1. The van der Waals surface area contributed by atoms with Crippen molar-refractivity contribution < 1.29 is 4.42 Å². The van der Waals surface area contributed by atoms with E-state index in [0.29, 0.717) is 11.7 Å². The van der Waals surface area contributed by atoms with Gasteiger partial charge in [-0.15, -0.1) is 0 Å². The maximum Gasteiger partial charge on any atom is 0.170 e. The molecule has 5 nitrogen and oxygen atoms in total. The van der Waals surface area contributed by atoms with Gasteiger partial charge in [0.1, 0.15) is 5.76 Å². The Morgan fingerprint density at radius 3 is 2.62 bits per heavy atom. The van der Waals surface area contributed by atoms with Crippen molar-refractivity contribution >= 4 is 17.3 Å². The summed E-state index contributed by atoms with van der Waals surface area (Å²) in [6, 6.07) is 20.8. The highest BCUT2D eigenvalue weighted by molar-refractivity contribution is 7.80. The monoisotopic (exact) mass is 442 g/mol. The molecule has 6 heteroatoms. The molecule has 32 heavy (non-hydrogen) atoms. The number of rotatable bonds is 5. The van der Waals surface area contributed by atoms with Crippen LogP contribution in [-0.2, 0) is 6.54 Å². The predicted octanol–water partition coefficient (Wildman–Crippen LogP) is 5.56. The summed E-state index contributed by atoms with van der Waals surface area (Å²) in [4.78, 5) is 6.87. The van der Waals surface area contributed by atoms with E-state index in [9.17, 15) is 0 Å². The highest BCUT2D eigenvalue weighted by atomic mass is 32.1. The van der Waals surface area contributed by atoms with Crippen LogP contribution in [0.3, 0.4) is 0 Å². The van der Waals surface area contributed by atoms with Crippen molar-refractivity contribution in [3.8, 4) is 5.69 Å². The number of nitrogens with zero attached hydrogens (tertiary/aromatic N) is 3. The molecule has 2 atom stereocenters. The third-order valence-electron chi connectivity index (χ3n) is 6.15. The number of thiocarbonyl (C=S) groups is 1. The second-order valence-corrected chi connectivity index (χ2v) is 8.72. The number of hydrogen-bond acceptors (Lipinski definition) is 3. The minimum atomic E-state index is -0.0508. The van der Waals surface area contributed by atoms with Crippen LogP contribution in [0.2, 0.25) is 0 Å². The number of aryl methyl sites for hydroxylation is 2. The molecule has 1 N–H and O–H groups in total. The molecule has 1 aromatic carbocycles. The van der Waals surface area contributed by atoms with Gasteiger partial charge in [-0.25, -0.2) is 0 Å². The summed E-state index contributed by atoms with van der Waals surface area (Å²) in [6.07, 6.45) is 3.54. The largest absolute Gasteiger partial charge is 0.467 e. The SMILES string of the molecule is Cc1cccc(-n2c(C)cc(C3C(c4ccccn4)NC(=S)N3Cc3ccco3)c2C)c1. The molecule has 4 aromatic rings. The van der Waals surface area contributed by atoms with Gasteiger partial charge in [0.05, 0.1) is 30.6 Å². The van der Waals surface area contributed by atoms with Crippen LogP contribution < -0.4 is 5.32 Å². The third-order valence-corrected chi connectivity index (χ3v) is 6.51. The van der Waals surface area contributed by atoms with E-state index < -0.39 is 0 Å². The zero-order valence-electron chi connectivity index (χ0n) is 18.4. The molecular weight excluding hydrogens is 416 g/mol. The maximum atomic E-state index is 5.80. The van der Waals surface area contributed by atoms with E-state index >= 15 is 0 Å². The van der Waals surface area contributed by atoms with Crippen molar-refractivity contribution in [2.45, 2.75) is 39.4 Å². The van der Waals surface area contributed by atoms with E-state index in [0.717, 1.165) is 11.5 Å². The van der Waals surface area contributed by atoms with Gasteiger partial charge in [0.25, 0.3) is 0 Å². The predicted molar refractivity (Wildman–Crippen MR) is 130 cm³/mol. The van der Waals surface area contributed by atoms with Crippen molar-refractivity contribution in [3.63, 3.8) is 0 Å². The fraction of sp³-hybridized carbons (Fsp3) is 0.231. The maximum absolute atomic E-state index is 5.80. The fourth-order valence-corrected chi connectivity index (χ4v) is 5.04. The van der Waals surface area contributed by atoms with Crippen molar-refractivity contribution in [2.75, 3.05) is 0 Å². The molecule has 0 amide bonds.